The summed E-state index contributed by atoms with van der Waals surface area (Å²) in [5.74, 6) is -0.203. The fourth-order valence-corrected chi connectivity index (χ4v) is 4.52. The molecule has 0 radical (unpaired) electrons. The average Bonchev–Trinajstić information content (AvgIpc) is 2.79. The number of carbonyl (C=O) groups is 1. The molecule has 0 unspecified atom stereocenters. The maximum absolute atomic E-state index is 12.6. The van der Waals surface area contributed by atoms with Gasteiger partial charge in [-0.25, -0.2) is 13.8 Å². The number of ether oxygens (including phenoxy) is 1. The molecule has 166 valence electrons. The van der Waals surface area contributed by atoms with Gasteiger partial charge in [-0.15, -0.1) is 0 Å². The normalized spacial score (nSPS) is 15.2. The quantitative estimate of drug-likeness (QED) is 0.496. The molecule has 1 aliphatic heterocycles. The third-order valence-corrected chi connectivity index (χ3v) is 6.90. The summed E-state index contributed by atoms with van der Waals surface area (Å²) >= 11 is 0. The van der Waals surface area contributed by atoms with Gasteiger partial charge in [-0.05, 0) is 41.8 Å². The predicted molar refractivity (Wildman–Crippen MR) is 121 cm³/mol. The summed E-state index contributed by atoms with van der Waals surface area (Å²) in [5, 5.41) is 3.99. The first-order valence-corrected chi connectivity index (χ1v) is 11.6. The Morgan fingerprint density at radius 3 is 2.35 bits per heavy atom. The molecule has 1 amide bonds. The molecule has 1 N–H and O–H groups in total. The summed E-state index contributed by atoms with van der Waals surface area (Å²) in [6.07, 6.45) is 2.35. The number of sulfonamides is 1. The second-order valence-electron chi connectivity index (χ2n) is 7.44. The van der Waals surface area contributed by atoms with E-state index in [1.165, 1.54) is 4.31 Å². The molecule has 3 rings (SSSR count). The molecule has 8 nitrogen and oxygen atoms in total. The van der Waals surface area contributed by atoms with Crippen molar-refractivity contribution in [2.75, 3.05) is 45.3 Å². The molecule has 0 spiro atoms. The van der Waals surface area contributed by atoms with E-state index < -0.39 is 10.0 Å². The number of anilines is 1. The average molecular weight is 445 g/mol. The molecular weight excluding hydrogens is 416 g/mol. The summed E-state index contributed by atoms with van der Waals surface area (Å²) < 4.78 is 31.9. The van der Waals surface area contributed by atoms with Crippen LogP contribution in [-0.2, 0) is 26.0 Å². The van der Waals surface area contributed by atoms with E-state index in [1.54, 1.807) is 30.5 Å². The van der Waals surface area contributed by atoms with Crippen LogP contribution >= 0.6 is 0 Å². The van der Waals surface area contributed by atoms with Crippen LogP contribution in [0.5, 0.6) is 0 Å². The lowest BCUT2D eigenvalue weighted by Gasteiger charge is -2.26. The Bertz CT molecular complexity index is 997. The third-order valence-electron chi connectivity index (χ3n) is 4.98. The van der Waals surface area contributed by atoms with Crippen LogP contribution < -0.4 is 10.3 Å². The zero-order valence-electron chi connectivity index (χ0n) is 17.8. The first kappa shape index (κ1) is 22.9. The van der Waals surface area contributed by atoms with Gasteiger partial charge in [0.2, 0.25) is 15.9 Å². The molecule has 0 bridgehead atoms. The Hall–Kier alpha value is -2.75. The van der Waals surface area contributed by atoms with E-state index in [9.17, 15) is 13.2 Å². The number of rotatable bonds is 8. The van der Waals surface area contributed by atoms with Gasteiger partial charge in [-0.1, -0.05) is 24.3 Å². The highest BCUT2D eigenvalue weighted by molar-refractivity contribution is 7.89. The van der Waals surface area contributed by atoms with Gasteiger partial charge in [-0.3, -0.25) is 4.79 Å². The van der Waals surface area contributed by atoms with E-state index in [0.717, 1.165) is 16.8 Å². The van der Waals surface area contributed by atoms with Crippen molar-refractivity contribution < 1.29 is 17.9 Å². The number of hydrazone groups is 1. The van der Waals surface area contributed by atoms with E-state index in [4.69, 9.17) is 4.74 Å². The SMILES string of the molecule is CN(C)c1ccc(/C=N\NC(=O)CCc2ccc(S(=O)(=O)N3CCOCC3)cc2)cc1. The summed E-state index contributed by atoms with van der Waals surface area (Å²) in [7, 11) is 0.441. The minimum atomic E-state index is -3.50. The Labute approximate surface area is 183 Å². The predicted octanol–water partition coefficient (Wildman–Crippen LogP) is 1.86. The lowest BCUT2D eigenvalue weighted by molar-refractivity contribution is -0.121. The molecule has 0 aliphatic carbocycles. The fraction of sp³-hybridized carbons (Fsp3) is 0.364. The number of benzene rings is 2. The third kappa shape index (κ3) is 6.36. The minimum Gasteiger partial charge on any atom is -0.379 e. The molecule has 0 atom stereocenters. The molecule has 31 heavy (non-hydrogen) atoms. The highest BCUT2D eigenvalue weighted by atomic mass is 32.2. The van der Waals surface area contributed by atoms with Crippen molar-refractivity contribution in [1.82, 2.24) is 9.73 Å². The van der Waals surface area contributed by atoms with Gasteiger partial charge in [0.15, 0.2) is 0 Å². The van der Waals surface area contributed by atoms with Crippen molar-refractivity contribution in [3.05, 3.63) is 59.7 Å². The van der Waals surface area contributed by atoms with Crippen molar-refractivity contribution in [3.8, 4) is 0 Å². The summed E-state index contributed by atoms with van der Waals surface area (Å²) in [5.41, 5.74) is 5.39. The lowest BCUT2D eigenvalue weighted by atomic mass is 10.1. The number of hydrogen-bond donors (Lipinski definition) is 1. The molecule has 0 aromatic heterocycles. The number of nitrogens with one attached hydrogen (secondary N) is 1. The molecule has 0 saturated carbocycles. The lowest BCUT2D eigenvalue weighted by Crippen LogP contribution is -2.40. The monoisotopic (exact) mass is 444 g/mol. The molecule has 1 aliphatic rings. The van der Waals surface area contributed by atoms with Crippen LogP contribution in [-0.4, -0.2) is 65.2 Å². The van der Waals surface area contributed by atoms with Crippen molar-refractivity contribution in [2.24, 2.45) is 5.10 Å². The fourth-order valence-electron chi connectivity index (χ4n) is 3.12. The molecule has 2 aromatic carbocycles. The maximum atomic E-state index is 12.6. The Morgan fingerprint density at radius 2 is 1.74 bits per heavy atom. The van der Waals surface area contributed by atoms with Crippen molar-refractivity contribution in [2.45, 2.75) is 17.7 Å². The smallest absolute Gasteiger partial charge is 0.243 e. The number of nitrogens with zero attached hydrogens (tertiary/aromatic N) is 3. The summed E-state index contributed by atoms with van der Waals surface area (Å²) in [6, 6.07) is 14.5. The van der Waals surface area contributed by atoms with Gasteiger partial charge in [0.25, 0.3) is 0 Å². The second kappa shape index (κ2) is 10.5. The number of amides is 1. The van der Waals surface area contributed by atoms with E-state index >= 15 is 0 Å². The van der Waals surface area contributed by atoms with Crippen LogP contribution in [0.25, 0.3) is 0 Å². The summed E-state index contributed by atoms with van der Waals surface area (Å²) in [6.45, 7) is 1.56. The molecule has 1 saturated heterocycles. The van der Waals surface area contributed by atoms with Crippen molar-refractivity contribution in [3.63, 3.8) is 0 Å². The topological polar surface area (TPSA) is 91.3 Å². The maximum Gasteiger partial charge on any atom is 0.243 e. The molecular formula is C22H28N4O4S. The number of morpholine rings is 1. The Kier molecular flexibility index (Phi) is 7.78. The van der Waals surface area contributed by atoms with Gasteiger partial charge < -0.3 is 9.64 Å². The van der Waals surface area contributed by atoms with E-state index in [1.807, 2.05) is 43.3 Å². The first-order valence-electron chi connectivity index (χ1n) is 10.1. The van der Waals surface area contributed by atoms with Crippen LogP contribution in [0.15, 0.2) is 58.5 Å². The Balaban J connectivity index is 1.47. The minimum absolute atomic E-state index is 0.203. The second-order valence-corrected chi connectivity index (χ2v) is 9.38. The van der Waals surface area contributed by atoms with Crippen LogP contribution in [0.4, 0.5) is 5.69 Å². The van der Waals surface area contributed by atoms with E-state index in [2.05, 4.69) is 10.5 Å². The zero-order chi connectivity index (χ0) is 22.3. The van der Waals surface area contributed by atoms with E-state index in [-0.39, 0.29) is 17.2 Å². The van der Waals surface area contributed by atoms with Crippen molar-refractivity contribution in [1.29, 1.82) is 0 Å². The van der Waals surface area contributed by atoms with E-state index in [0.29, 0.717) is 32.7 Å². The number of aryl methyl sites for hydroxylation is 1. The molecule has 2 aromatic rings. The molecule has 9 heteroatoms. The van der Waals surface area contributed by atoms with Crippen LogP contribution in [0.3, 0.4) is 0 Å². The summed E-state index contributed by atoms with van der Waals surface area (Å²) in [4.78, 5) is 14.3. The standard InChI is InChI=1S/C22H28N4O4S/c1-25(2)20-8-3-19(4-9-20)17-23-24-22(27)12-7-18-5-10-21(11-6-18)31(28,29)26-13-15-30-16-14-26/h3-6,8-11,17H,7,12-16H2,1-2H3,(H,24,27)/b23-17-. The molecule has 1 fully saturated rings. The number of hydrogen-bond acceptors (Lipinski definition) is 6. The first-order chi connectivity index (χ1) is 14.9. The van der Waals surface area contributed by atoms with Gasteiger partial charge in [0, 0.05) is 39.3 Å². The highest BCUT2D eigenvalue weighted by Crippen LogP contribution is 2.18. The van der Waals surface area contributed by atoms with Gasteiger partial charge >= 0.3 is 0 Å². The van der Waals surface area contributed by atoms with Gasteiger partial charge in [-0.2, -0.15) is 9.41 Å². The van der Waals surface area contributed by atoms with Gasteiger partial charge in [0.05, 0.1) is 24.3 Å². The van der Waals surface area contributed by atoms with Crippen LogP contribution in [0.1, 0.15) is 17.5 Å². The zero-order valence-corrected chi connectivity index (χ0v) is 18.6. The number of carbonyl (C=O) groups excluding carboxylic acids is 1. The van der Waals surface area contributed by atoms with Crippen LogP contribution in [0.2, 0.25) is 0 Å². The van der Waals surface area contributed by atoms with Crippen LogP contribution in [0, 0.1) is 0 Å². The van der Waals surface area contributed by atoms with Crippen molar-refractivity contribution >= 4 is 27.8 Å². The largest absolute Gasteiger partial charge is 0.379 e. The van der Waals surface area contributed by atoms with Gasteiger partial charge in [0.1, 0.15) is 0 Å². The molecule has 1 heterocycles. The highest BCUT2D eigenvalue weighted by Gasteiger charge is 2.26. The Morgan fingerprint density at radius 1 is 1.10 bits per heavy atom.